The van der Waals surface area contributed by atoms with Crippen molar-refractivity contribution in [1.29, 1.82) is 0 Å². The molecule has 0 bridgehead atoms. The zero-order valence-electron chi connectivity index (χ0n) is 12.7. The van der Waals surface area contributed by atoms with Gasteiger partial charge in [-0.3, -0.25) is 4.79 Å². The molecule has 23 heavy (non-hydrogen) atoms. The Balaban J connectivity index is 1.66. The van der Waals surface area contributed by atoms with Crippen LogP contribution in [0.4, 0.5) is 5.95 Å². The van der Waals surface area contributed by atoms with E-state index in [4.69, 9.17) is 0 Å². The van der Waals surface area contributed by atoms with Crippen molar-refractivity contribution in [2.75, 3.05) is 17.6 Å². The molecule has 0 saturated heterocycles. The molecule has 3 aromatic rings. The first kappa shape index (κ1) is 14.3. The largest absolute Gasteiger partial charge is 0.353 e. The summed E-state index contributed by atoms with van der Waals surface area (Å²) in [5.74, 6) is 1.56. The van der Waals surface area contributed by atoms with E-state index in [9.17, 15) is 4.79 Å². The average Bonchev–Trinajstić information content (AvgIpc) is 2.98. The number of rotatable bonds is 3. The van der Waals surface area contributed by atoms with Crippen molar-refractivity contribution in [2.45, 2.75) is 17.9 Å². The van der Waals surface area contributed by atoms with Crippen molar-refractivity contribution < 1.29 is 0 Å². The summed E-state index contributed by atoms with van der Waals surface area (Å²) in [6.07, 6.45) is 1.64. The van der Waals surface area contributed by atoms with Gasteiger partial charge in [-0.05, 0) is 31.2 Å². The lowest BCUT2D eigenvalue weighted by Gasteiger charge is -2.15. The van der Waals surface area contributed by atoms with Gasteiger partial charge in [0.15, 0.2) is 5.52 Å². The number of benzene rings is 1. The van der Waals surface area contributed by atoms with E-state index in [0.29, 0.717) is 11.5 Å². The summed E-state index contributed by atoms with van der Waals surface area (Å²) in [5.41, 5.74) is 2.28. The third-order valence-electron chi connectivity index (χ3n) is 4.01. The van der Waals surface area contributed by atoms with Crippen LogP contribution < -0.4 is 10.9 Å². The van der Waals surface area contributed by atoms with Gasteiger partial charge in [0.1, 0.15) is 0 Å². The minimum atomic E-state index is -0.272. The van der Waals surface area contributed by atoms with E-state index in [2.05, 4.69) is 51.0 Å². The highest BCUT2D eigenvalue weighted by Crippen LogP contribution is 2.30. The molecule has 1 aromatic carbocycles. The van der Waals surface area contributed by atoms with Crippen molar-refractivity contribution in [2.24, 2.45) is 0 Å². The number of anilines is 1. The number of aromatic nitrogens is 3. The zero-order chi connectivity index (χ0) is 15.8. The highest BCUT2D eigenvalue weighted by molar-refractivity contribution is 7.99. The van der Waals surface area contributed by atoms with Crippen LogP contribution in [0, 0.1) is 6.92 Å². The second-order valence-electron chi connectivity index (χ2n) is 5.64. The Morgan fingerprint density at radius 3 is 2.96 bits per heavy atom. The number of fused-ring (bicyclic) bond motifs is 3. The van der Waals surface area contributed by atoms with Crippen LogP contribution in [0.2, 0.25) is 0 Å². The molecular formula is C17H16N4OS. The number of aryl methyl sites for hydroxylation is 1. The molecular weight excluding hydrogens is 308 g/mol. The predicted molar refractivity (Wildman–Crippen MR) is 93.2 cm³/mol. The Bertz CT molecular complexity index is 920. The fraction of sp³-hybridized carbons (Fsp3) is 0.235. The molecule has 5 nitrogen and oxygen atoms in total. The number of pyridine rings is 1. The maximum absolute atomic E-state index is 12.0. The fourth-order valence-corrected chi connectivity index (χ4v) is 3.81. The Labute approximate surface area is 137 Å². The van der Waals surface area contributed by atoms with Gasteiger partial charge in [-0.15, -0.1) is 11.8 Å². The smallest absolute Gasteiger partial charge is 0.300 e. The summed E-state index contributed by atoms with van der Waals surface area (Å²) >= 11 is 1.82. The number of thioether (sulfide) groups is 1. The van der Waals surface area contributed by atoms with Gasteiger partial charge in [-0.25, -0.2) is 4.98 Å². The van der Waals surface area contributed by atoms with Crippen LogP contribution in [0.15, 0.2) is 52.3 Å². The Hall–Kier alpha value is -2.34. The first-order valence-corrected chi connectivity index (χ1v) is 8.51. The second kappa shape index (κ2) is 5.70. The van der Waals surface area contributed by atoms with Crippen molar-refractivity contribution in [1.82, 2.24) is 14.5 Å². The average molecular weight is 324 g/mol. The number of hydrogen-bond acceptors (Lipinski definition) is 5. The summed E-state index contributed by atoms with van der Waals surface area (Å²) in [6.45, 7) is 2.87. The minimum absolute atomic E-state index is 0.246. The van der Waals surface area contributed by atoms with Gasteiger partial charge in [-0.1, -0.05) is 17.7 Å². The topological polar surface area (TPSA) is 59.8 Å². The van der Waals surface area contributed by atoms with E-state index in [1.165, 1.54) is 10.5 Å². The molecule has 6 heteroatoms. The first-order valence-electron chi connectivity index (χ1n) is 7.53. The maximum Gasteiger partial charge on any atom is 0.300 e. The lowest BCUT2D eigenvalue weighted by atomic mass is 10.2. The normalized spacial score (nSPS) is 16.3. The summed E-state index contributed by atoms with van der Waals surface area (Å²) < 4.78 is 2.10. The lowest BCUT2D eigenvalue weighted by Crippen LogP contribution is -2.16. The van der Waals surface area contributed by atoms with Crippen LogP contribution in [0.5, 0.6) is 0 Å². The molecule has 0 saturated carbocycles. The minimum Gasteiger partial charge on any atom is -0.353 e. The molecule has 1 aliphatic rings. The van der Waals surface area contributed by atoms with Gasteiger partial charge in [0.05, 0.1) is 11.6 Å². The van der Waals surface area contributed by atoms with Crippen molar-refractivity contribution in [3.63, 3.8) is 0 Å². The highest BCUT2D eigenvalue weighted by atomic mass is 32.2. The number of nitrogens with zero attached hydrogens (tertiary/aromatic N) is 3. The van der Waals surface area contributed by atoms with Gasteiger partial charge in [0.2, 0.25) is 5.95 Å². The van der Waals surface area contributed by atoms with Gasteiger partial charge < -0.3 is 9.88 Å². The molecule has 4 rings (SSSR count). The summed E-state index contributed by atoms with van der Waals surface area (Å²) in [7, 11) is 0. The Kier molecular flexibility index (Phi) is 3.53. The van der Waals surface area contributed by atoms with Gasteiger partial charge in [0, 0.05) is 23.4 Å². The van der Waals surface area contributed by atoms with Gasteiger partial charge in [0.25, 0.3) is 0 Å². The Morgan fingerprint density at radius 1 is 1.30 bits per heavy atom. The van der Waals surface area contributed by atoms with Crippen LogP contribution in [0.1, 0.15) is 11.6 Å². The van der Waals surface area contributed by atoms with Crippen molar-refractivity contribution in [3.8, 4) is 0 Å². The highest BCUT2D eigenvalue weighted by Gasteiger charge is 2.25. The first-order chi connectivity index (χ1) is 11.2. The van der Waals surface area contributed by atoms with Crippen molar-refractivity contribution >= 4 is 28.7 Å². The van der Waals surface area contributed by atoms with Gasteiger partial charge in [-0.2, -0.15) is 4.98 Å². The van der Waals surface area contributed by atoms with Crippen LogP contribution in [-0.4, -0.2) is 26.8 Å². The zero-order valence-corrected chi connectivity index (χ0v) is 13.5. The molecule has 0 aliphatic carbocycles. The lowest BCUT2D eigenvalue weighted by molar-refractivity contribution is 0.652. The molecule has 1 aliphatic heterocycles. The Morgan fingerprint density at radius 2 is 2.13 bits per heavy atom. The van der Waals surface area contributed by atoms with Crippen molar-refractivity contribution in [3.05, 3.63) is 58.5 Å². The quantitative estimate of drug-likeness (QED) is 0.751. The van der Waals surface area contributed by atoms with Gasteiger partial charge >= 0.3 is 5.56 Å². The molecule has 2 aromatic heterocycles. The van der Waals surface area contributed by atoms with E-state index in [0.717, 1.165) is 17.8 Å². The molecule has 3 heterocycles. The monoisotopic (exact) mass is 324 g/mol. The van der Waals surface area contributed by atoms with Crippen LogP contribution in [0.25, 0.3) is 11.0 Å². The summed E-state index contributed by atoms with van der Waals surface area (Å²) in [5, 5.41) is 3.24. The fourth-order valence-electron chi connectivity index (χ4n) is 2.83. The number of nitrogens with one attached hydrogen (secondary N) is 1. The van der Waals surface area contributed by atoms with E-state index in [-0.39, 0.29) is 11.6 Å². The standard InChI is InChI=1S/C17H16N4OS/c1-11-4-6-13(7-5-11)23-10-12-9-19-17-20-16(22)15-14(21(12)17)3-2-8-18-15/h2-8,12H,9-10H2,1H3,(H,19,20,22). The van der Waals surface area contributed by atoms with E-state index in [1.54, 1.807) is 6.20 Å². The predicted octanol–water partition coefficient (Wildman–Crippen LogP) is 2.86. The van der Waals surface area contributed by atoms with E-state index >= 15 is 0 Å². The van der Waals surface area contributed by atoms with Crippen LogP contribution in [0.3, 0.4) is 0 Å². The summed E-state index contributed by atoms with van der Waals surface area (Å²) in [6, 6.07) is 12.6. The number of hydrogen-bond donors (Lipinski definition) is 1. The molecule has 0 amide bonds. The van der Waals surface area contributed by atoms with Crippen LogP contribution in [-0.2, 0) is 0 Å². The second-order valence-corrected chi connectivity index (χ2v) is 6.73. The molecule has 116 valence electrons. The third kappa shape index (κ3) is 2.59. The molecule has 0 fully saturated rings. The molecule has 0 radical (unpaired) electrons. The molecule has 1 N–H and O–H groups in total. The third-order valence-corrected chi connectivity index (χ3v) is 5.17. The SMILES string of the molecule is Cc1ccc(SCC2CNc3nc(=O)c4ncccc4n32)cc1. The van der Waals surface area contributed by atoms with E-state index in [1.807, 2.05) is 23.9 Å². The summed E-state index contributed by atoms with van der Waals surface area (Å²) in [4.78, 5) is 21.6. The maximum atomic E-state index is 12.0. The molecule has 1 unspecified atom stereocenters. The van der Waals surface area contributed by atoms with Crippen LogP contribution >= 0.6 is 11.8 Å². The molecule has 0 spiro atoms. The van der Waals surface area contributed by atoms with E-state index < -0.39 is 0 Å². The molecule has 1 atom stereocenters.